The van der Waals surface area contributed by atoms with E-state index in [1.807, 2.05) is 11.8 Å². The number of hydrogen-bond donors (Lipinski definition) is 3. The molecule has 2 amide bonds. The van der Waals surface area contributed by atoms with Crippen LogP contribution in [0.5, 0.6) is 11.8 Å². The molecule has 7 aliphatic rings. The Kier molecular flexibility index (Phi) is 11.4. The zero-order chi connectivity index (χ0) is 48.1. The Bertz CT molecular complexity index is 2880. The van der Waals surface area contributed by atoms with E-state index in [9.17, 15) is 14.7 Å². The van der Waals surface area contributed by atoms with Gasteiger partial charge in [0.25, 0.3) is 0 Å². The third-order valence-electron chi connectivity index (χ3n) is 16.9. The molecule has 3 atom stereocenters. The molecular formula is C53H59F4N9O4. The molecule has 1 saturated carbocycles. The molecule has 3 unspecified atom stereocenters. The zero-order valence-electron chi connectivity index (χ0n) is 39.5. The second-order valence-electron chi connectivity index (χ2n) is 21.5. The van der Waals surface area contributed by atoms with Crippen LogP contribution in [0.4, 0.5) is 29.1 Å². The lowest BCUT2D eigenvalue weighted by atomic mass is 9.70. The summed E-state index contributed by atoms with van der Waals surface area (Å²) in [5.74, 6) is -4.12. The van der Waals surface area contributed by atoms with E-state index in [1.54, 1.807) is 18.3 Å². The molecule has 70 heavy (non-hydrogen) atoms. The summed E-state index contributed by atoms with van der Waals surface area (Å²) in [5, 5.41) is 18.2. The number of pyridine rings is 1. The first-order chi connectivity index (χ1) is 33.8. The summed E-state index contributed by atoms with van der Waals surface area (Å²) in [6, 6.07) is 9.79. The van der Waals surface area contributed by atoms with Crippen molar-refractivity contribution in [2.75, 3.05) is 75.3 Å². The van der Waals surface area contributed by atoms with E-state index >= 15 is 17.6 Å². The van der Waals surface area contributed by atoms with Gasteiger partial charge in [-0.3, -0.25) is 24.8 Å². The fourth-order valence-corrected chi connectivity index (χ4v) is 12.9. The van der Waals surface area contributed by atoms with Crippen LogP contribution in [0.2, 0.25) is 0 Å². The number of nitrogens with zero attached hydrogens (tertiary/aromatic N) is 7. The summed E-state index contributed by atoms with van der Waals surface area (Å²) in [6.45, 7) is 10.1. The predicted molar refractivity (Wildman–Crippen MR) is 257 cm³/mol. The van der Waals surface area contributed by atoms with Crippen molar-refractivity contribution in [1.29, 1.82) is 0 Å². The van der Waals surface area contributed by atoms with Gasteiger partial charge in [0.05, 0.1) is 17.9 Å². The predicted octanol–water partition coefficient (Wildman–Crippen LogP) is 7.36. The fourth-order valence-electron chi connectivity index (χ4n) is 12.9. The van der Waals surface area contributed by atoms with E-state index in [0.29, 0.717) is 88.4 Å². The van der Waals surface area contributed by atoms with Gasteiger partial charge in [-0.15, -0.1) is 0 Å². The van der Waals surface area contributed by atoms with E-state index in [2.05, 4.69) is 30.3 Å². The second-order valence-corrected chi connectivity index (χ2v) is 21.5. The Morgan fingerprint density at radius 3 is 2.26 bits per heavy atom. The first-order valence-corrected chi connectivity index (χ1v) is 25.3. The van der Waals surface area contributed by atoms with E-state index in [1.165, 1.54) is 24.3 Å². The topological polar surface area (TPSA) is 139 Å². The number of likely N-dealkylation sites (tertiary alicyclic amines) is 2. The monoisotopic (exact) mass is 961 g/mol. The van der Waals surface area contributed by atoms with Gasteiger partial charge in [0.1, 0.15) is 40.2 Å². The molecule has 6 saturated heterocycles. The van der Waals surface area contributed by atoms with Gasteiger partial charge >= 0.3 is 6.01 Å². The molecule has 1 spiro atoms. The number of phenolic OH excluding ortho intramolecular Hbond substituents is 1. The Morgan fingerprint density at radius 2 is 1.57 bits per heavy atom. The van der Waals surface area contributed by atoms with Crippen molar-refractivity contribution in [3.63, 3.8) is 0 Å². The molecule has 2 bridgehead atoms. The number of anilines is 2. The molecular weight excluding hydrogens is 903 g/mol. The summed E-state index contributed by atoms with van der Waals surface area (Å²) < 4.78 is 69.5. The first-order valence-electron chi connectivity index (χ1n) is 25.3. The molecule has 3 N–H and O–H groups in total. The largest absolute Gasteiger partial charge is 0.508 e. The van der Waals surface area contributed by atoms with Crippen LogP contribution in [-0.2, 0) is 16.0 Å². The van der Waals surface area contributed by atoms with Gasteiger partial charge in [0, 0.05) is 98.8 Å². The molecule has 17 heteroatoms. The van der Waals surface area contributed by atoms with Gasteiger partial charge < -0.3 is 29.9 Å². The molecule has 12 rings (SSSR count). The molecule has 3 aromatic carbocycles. The molecule has 0 radical (unpaired) electrons. The summed E-state index contributed by atoms with van der Waals surface area (Å²) in [7, 11) is 0. The SMILES string of the molecule is CCc1c(F)ccc2cc(O)cc(-c3ncc4c(N5CC6CCC(C5)N6)nc(OCC5(CN6CCC7(CC6)CN(C6CCN(c8cc(F)c(C9CCC(=O)NC9=O)c(F)c8)CC6)C7)CC5)nc4c3F)c12. The lowest BCUT2D eigenvalue weighted by Crippen LogP contribution is -2.64. The number of fused-ring (bicyclic) bond motifs is 4. The maximum atomic E-state index is 17.2. The van der Waals surface area contributed by atoms with Crippen LogP contribution in [0, 0.1) is 34.1 Å². The quantitative estimate of drug-likeness (QED) is 0.0902. The number of phenols is 1. The molecule has 8 heterocycles. The molecule has 5 aromatic rings. The van der Waals surface area contributed by atoms with Gasteiger partial charge in [0.2, 0.25) is 11.8 Å². The summed E-state index contributed by atoms with van der Waals surface area (Å²) in [4.78, 5) is 47.7. The van der Waals surface area contributed by atoms with E-state index in [0.717, 1.165) is 97.2 Å². The molecule has 13 nitrogen and oxygen atoms in total. The van der Waals surface area contributed by atoms with E-state index in [-0.39, 0.29) is 46.8 Å². The number of aryl methyl sites for hydroxylation is 1. The number of aromatic hydroxyl groups is 1. The number of rotatable bonds is 11. The maximum Gasteiger partial charge on any atom is 0.319 e. The Morgan fingerprint density at radius 1 is 0.843 bits per heavy atom. The van der Waals surface area contributed by atoms with Crippen LogP contribution in [0.15, 0.2) is 42.6 Å². The lowest BCUT2D eigenvalue weighted by molar-refractivity contribution is -0.134. The van der Waals surface area contributed by atoms with Gasteiger partial charge in [0.15, 0.2) is 5.82 Å². The molecule has 6 aliphatic heterocycles. The highest BCUT2D eigenvalue weighted by Crippen LogP contribution is 2.49. The van der Waals surface area contributed by atoms with Crippen molar-refractivity contribution >= 4 is 45.0 Å². The Labute approximate surface area is 404 Å². The van der Waals surface area contributed by atoms with Crippen LogP contribution < -0.4 is 25.2 Å². The summed E-state index contributed by atoms with van der Waals surface area (Å²) in [6.07, 6.45) is 10.4. The number of benzene rings is 3. The number of piperazine rings is 1. The molecule has 2 aromatic heterocycles. The van der Waals surface area contributed by atoms with Crippen molar-refractivity contribution in [1.82, 2.24) is 35.4 Å². The zero-order valence-corrected chi connectivity index (χ0v) is 39.5. The van der Waals surface area contributed by atoms with Crippen molar-refractivity contribution in [2.45, 2.75) is 102 Å². The minimum atomic E-state index is -1.01. The van der Waals surface area contributed by atoms with Crippen LogP contribution >= 0.6 is 0 Å². The molecule has 7 fully saturated rings. The third-order valence-corrected chi connectivity index (χ3v) is 16.9. The fraction of sp³-hybridized carbons (Fsp3) is 0.528. The average molecular weight is 962 g/mol. The van der Waals surface area contributed by atoms with Crippen molar-refractivity contribution in [3.05, 3.63) is 77.0 Å². The number of hydrogen-bond acceptors (Lipinski definition) is 12. The first kappa shape index (κ1) is 45.5. The van der Waals surface area contributed by atoms with E-state index in [4.69, 9.17) is 14.7 Å². The van der Waals surface area contributed by atoms with Crippen molar-refractivity contribution in [2.24, 2.45) is 10.8 Å². The van der Waals surface area contributed by atoms with Crippen LogP contribution in [0.25, 0.3) is 32.9 Å². The van der Waals surface area contributed by atoms with Crippen LogP contribution in [0.3, 0.4) is 0 Å². The average Bonchev–Trinajstić information content (AvgIpc) is 4.03. The standard InChI is InChI=1S/C53H59F4N9O4/c1-2-36-40(54)7-3-30-19-35(67)22-38(44(30)36)47-46(57)48-39(23-58-47)49(65-24-31-4-5-32(25-65)59-31)62-51(61-48)70-29-53(11-12-53)26-63-17-13-52(14-18-63)27-66(28-52)33-9-15-64(16-10-33)34-20-41(55)45(42(56)21-34)37-6-8-43(68)60-50(37)69/h3,7,19-23,31-33,37,59,67H,2,4-6,8-18,24-29H2,1H3,(H,60,68,69). The molecule has 1 aliphatic carbocycles. The summed E-state index contributed by atoms with van der Waals surface area (Å²) >= 11 is 0. The van der Waals surface area contributed by atoms with E-state index < -0.39 is 41.0 Å². The highest BCUT2D eigenvalue weighted by Gasteiger charge is 2.50. The Balaban J connectivity index is 0.691. The van der Waals surface area contributed by atoms with Crippen molar-refractivity contribution < 1.29 is 37.0 Å². The highest BCUT2D eigenvalue weighted by atomic mass is 19.1. The molecule has 368 valence electrons. The number of halogens is 4. The van der Waals surface area contributed by atoms with Gasteiger partial charge in [-0.1, -0.05) is 13.0 Å². The minimum absolute atomic E-state index is 0.0190. The smallest absolute Gasteiger partial charge is 0.319 e. The second kappa shape index (κ2) is 17.6. The van der Waals surface area contributed by atoms with Crippen LogP contribution in [-0.4, -0.2) is 125 Å². The number of imide groups is 1. The third kappa shape index (κ3) is 8.28. The number of aromatic nitrogens is 3. The Hall–Kier alpha value is -5.65. The lowest BCUT2D eigenvalue weighted by Gasteiger charge is -2.57. The number of piperidine rings is 3. The van der Waals surface area contributed by atoms with Gasteiger partial charge in [-0.25, -0.2) is 17.6 Å². The number of ether oxygens (including phenoxy) is 1. The minimum Gasteiger partial charge on any atom is -0.508 e. The number of amides is 2. The van der Waals surface area contributed by atoms with Crippen molar-refractivity contribution in [3.8, 4) is 23.0 Å². The number of carbonyl (C=O) groups is 2. The van der Waals surface area contributed by atoms with Gasteiger partial charge in [-0.2, -0.15) is 9.97 Å². The number of nitrogens with one attached hydrogen (secondary N) is 2. The van der Waals surface area contributed by atoms with Gasteiger partial charge in [-0.05, 0) is 129 Å². The normalized spacial score (nSPS) is 24.7. The number of carbonyl (C=O) groups excluding carboxylic acids is 2. The summed E-state index contributed by atoms with van der Waals surface area (Å²) in [5.41, 5.74) is 1.26. The highest BCUT2D eigenvalue weighted by molar-refractivity contribution is 6.02. The maximum absolute atomic E-state index is 17.2. The van der Waals surface area contributed by atoms with Crippen LogP contribution in [0.1, 0.15) is 88.2 Å².